The van der Waals surface area contributed by atoms with Crippen molar-refractivity contribution in [3.05, 3.63) is 47.8 Å². The fourth-order valence-corrected chi connectivity index (χ4v) is 2.23. The average Bonchev–Trinajstić information content (AvgIpc) is 2.81. The number of pyridine rings is 1. The van der Waals surface area contributed by atoms with Crippen LogP contribution in [0.1, 0.15) is 36.3 Å². The van der Waals surface area contributed by atoms with Crippen LogP contribution in [0.4, 0.5) is 0 Å². The van der Waals surface area contributed by atoms with Gasteiger partial charge in [0.1, 0.15) is 5.82 Å². The van der Waals surface area contributed by atoms with Crippen molar-refractivity contribution >= 4 is 0 Å². The summed E-state index contributed by atoms with van der Waals surface area (Å²) in [7, 11) is 2.04. The SMILES string of the molecule is CCCNC(Cc1nccn1C)c1cnccc1C. The number of hydrogen-bond acceptors (Lipinski definition) is 3. The lowest BCUT2D eigenvalue weighted by Gasteiger charge is -2.20. The minimum atomic E-state index is 0.273. The molecule has 0 aromatic carbocycles. The van der Waals surface area contributed by atoms with Crippen LogP contribution in [0.2, 0.25) is 0 Å². The van der Waals surface area contributed by atoms with E-state index in [4.69, 9.17) is 0 Å². The van der Waals surface area contributed by atoms with Gasteiger partial charge in [-0.2, -0.15) is 0 Å². The molecule has 102 valence electrons. The second-order valence-electron chi connectivity index (χ2n) is 4.90. The van der Waals surface area contributed by atoms with Gasteiger partial charge in [0.15, 0.2) is 0 Å². The molecule has 4 nitrogen and oxygen atoms in total. The molecule has 1 N–H and O–H groups in total. The Kier molecular flexibility index (Phi) is 4.68. The lowest BCUT2D eigenvalue weighted by atomic mass is 10.0. The molecule has 0 aliphatic rings. The van der Waals surface area contributed by atoms with Crippen molar-refractivity contribution in [3.63, 3.8) is 0 Å². The monoisotopic (exact) mass is 258 g/mol. The molecule has 4 heteroatoms. The van der Waals surface area contributed by atoms with E-state index in [-0.39, 0.29) is 6.04 Å². The molecule has 0 aliphatic heterocycles. The Bertz CT molecular complexity index is 518. The zero-order valence-corrected chi connectivity index (χ0v) is 11.9. The number of aromatic nitrogens is 3. The highest BCUT2D eigenvalue weighted by atomic mass is 15.0. The number of aryl methyl sites for hydroxylation is 2. The third-order valence-corrected chi connectivity index (χ3v) is 3.40. The van der Waals surface area contributed by atoms with Crippen LogP contribution in [0, 0.1) is 6.92 Å². The van der Waals surface area contributed by atoms with Crippen molar-refractivity contribution < 1.29 is 0 Å². The molecule has 2 rings (SSSR count). The minimum absolute atomic E-state index is 0.273. The summed E-state index contributed by atoms with van der Waals surface area (Å²) in [6.45, 7) is 5.32. The van der Waals surface area contributed by atoms with Crippen LogP contribution in [-0.4, -0.2) is 21.1 Å². The second kappa shape index (κ2) is 6.48. The lowest BCUT2D eigenvalue weighted by molar-refractivity contribution is 0.508. The fourth-order valence-electron chi connectivity index (χ4n) is 2.23. The molecular weight excluding hydrogens is 236 g/mol. The van der Waals surface area contributed by atoms with Gasteiger partial charge in [-0.3, -0.25) is 4.98 Å². The van der Waals surface area contributed by atoms with Gasteiger partial charge in [0.2, 0.25) is 0 Å². The molecule has 1 unspecified atom stereocenters. The Morgan fingerprint density at radius 2 is 2.21 bits per heavy atom. The minimum Gasteiger partial charge on any atom is -0.338 e. The molecule has 0 bridgehead atoms. The Labute approximate surface area is 114 Å². The van der Waals surface area contributed by atoms with E-state index < -0.39 is 0 Å². The third kappa shape index (κ3) is 3.41. The highest BCUT2D eigenvalue weighted by molar-refractivity contribution is 5.26. The Balaban J connectivity index is 2.21. The van der Waals surface area contributed by atoms with E-state index in [9.17, 15) is 0 Å². The Morgan fingerprint density at radius 3 is 2.84 bits per heavy atom. The van der Waals surface area contributed by atoms with Gasteiger partial charge in [0.05, 0.1) is 0 Å². The van der Waals surface area contributed by atoms with Crippen molar-refractivity contribution in [1.29, 1.82) is 0 Å². The summed E-state index contributed by atoms with van der Waals surface area (Å²) < 4.78 is 2.08. The molecule has 0 saturated carbocycles. The standard InChI is InChI=1S/C15H22N4/c1-4-6-17-14(10-15-18-8-9-19(15)3)13-11-16-7-5-12(13)2/h5,7-9,11,14,17H,4,6,10H2,1-3H3. The van der Waals surface area contributed by atoms with Crippen molar-refractivity contribution in [2.75, 3.05) is 6.54 Å². The van der Waals surface area contributed by atoms with Crippen molar-refractivity contribution in [2.45, 2.75) is 32.7 Å². The zero-order chi connectivity index (χ0) is 13.7. The summed E-state index contributed by atoms with van der Waals surface area (Å²) in [5, 5.41) is 3.60. The maximum absolute atomic E-state index is 4.42. The topological polar surface area (TPSA) is 42.7 Å². The smallest absolute Gasteiger partial charge is 0.110 e. The maximum atomic E-state index is 4.42. The summed E-state index contributed by atoms with van der Waals surface area (Å²) >= 11 is 0. The van der Waals surface area contributed by atoms with Gasteiger partial charge >= 0.3 is 0 Å². The molecule has 0 aliphatic carbocycles. The van der Waals surface area contributed by atoms with E-state index in [0.29, 0.717) is 0 Å². The maximum Gasteiger partial charge on any atom is 0.110 e. The second-order valence-corrected chi connectivity index (χ2v) is 4.90. The molecule has 2 aromatic rings. The predicted octanol–water partition coefficient (Wildman–Crippen LogP) is 2.41. The quantitative estimate of drug-likeness (QED) is 0.865. The van der Waals surface area contributed by atoms with E-state index in [0.717, 1.165) is 25.2 Å². The summed E-state index contributed by atoms with van der Waals surface area (Å²) in [6.07, 6.45) is 9.65. The van der Waals surface area contributed by atoms with E-state index in [2.05, 4.69) is 39.8 Å². The van der Waals surface area contributed by atoms with Gasteiger partial charge in [-0.25, -0.2) is 4.98 Å². The molecule has 0 amide bonds. The molecule has 0 saturated heterocycles. The summed E-state index contributed by atoms with van der Waals surface area (Å²) in [6, 6.07) is 2.34. The Hall–Kier alpha value is -1.68. The van der Waals surface area contributed by atoms with Gasteiger partial charge in [-0.1, -0.05) is 6.92 Å². The first-order valence-electron chi connectivity index (χ1n) is 6.82. The number of nitrogens with one attached hydrogen (secondary N) is 1. The summed E-state index contributed by atoms with van der Waals surface area (Å²) in [5.74, 6) is 1.09. The van der Waals surface area contributed by atoms with Gasteiger partial charge in [0.25, 0.3) is 0 Å². The Morgan fingerprint density at radius 1 is 1.37 bits per heavy atom. The van der Waals surface area contributed by atoms with Crippen LogP contribution in [-0.2, 0) is 13.5 Å². The molecule has 2 heterocycles. The van der Waals surface area contributed by atoms with Gasteiger partial charge in [-0.05, 0) is 37.1 Å². The first-order valence-corrected chi connectivity index (χ1v) is 6.82. The number of nitrogens with zero attached hydrogens (tertiary/aromatic N) is 3. The number of hydrogen-bond donors (Lipinski definition) is 1. The van der Waals surface area contributed by atoms with Crippen molar-refractivity contribution in [1.82, 2.24) is 19.9 Å². The lowest BCUT2D eigenvalue weighted by Crippen LogP contribution is -2.26. The average molecular weight is 258 g/mol. The molecule has 2 aromatic heterocycles. The fraction of sp³-hybridized carbons (Fsp3) is 0.467. The normalized spacial score (nSPS) is 12.6. The largest absolute Gasteiger partial charge is 0.338 e. The van der Waals surface area contributed by atoms with Crippen LogP contribution in [0.25, 0.3) is 0 Å². The molecule has 19 heavy (non-hydrogen) atoms. The van der Waals surface area contributed by atoms with E-state index in [1.807, 2.05) is 31.8 Å². The predicted molar refractivity (Wildman–Crippen MR) is 76.9 cm³/mol. The first-order chi connectivity index (χ1) is 9.22. The van der Waals surface area contributed by atoms with Gasteiger partial charge in [0, 0.05) is 44.3 Å². The first kappa shape index (κ1) is 13.7. The van der Waals surface area contributed by atoms with E-state index in [1.165, 1.54) is 11.1 Å². The highest BCUT2D eigenvalue weighted by Crippen LogP contribution is 2.20. The van der Waals surface area contributed by atoms with Crippen molar-refractivity contribution in [3.8, 4) is 0 Å². The molecule has 0 radical (unpaired) electrons. The van der Waals surface area contributed by atoms with Crippen LogP contribution in [0.15, 0.2) is 30.9 Å². The summed E-state index contributed by atoms with van der Waals surface area (Å²) in [5.41, 5.74) is 2.54. The summed E-state index contributed by atoms with van der Waals surface area (Å²) in [4.78, 5) is 8.68. The molecule has 0 fully saturated rings. The number of rotatable bonds is 6. The highest BCUT2D eigenvalue weighted by Gasteiger charge is 2.16. The third-order valence-electron chi connectivity index (χ3n) is 3.40. The van der Waals surface area contributed by atoms with E-state index in [1.54, 1.807) is 0 Å². The van der Waals surface area contributed by atoms with Crippen LogP contribution >= 0.6 is 0 Å². The van der Waals surface area contributed by atoms with Crippen LogP contribution in [0.5, 0.6) is 0 Å². The van der Waals surface area contributed by atoms with Crippen molar-refractivity contribution in [2.24, 2.45) is 7.05 Å². The van der Waals surface area contributed by atoms with Crippen LogP contribution in [0.3, 0.4) is 0 Å². The van der Waals surface area contributed by atoms with E-state index >= 15 is 0 Å². The number of imidazole rings is 1. The van der Waals surface area contributed by atoms with Gasteiger partial charge in [-0.15, -0.1) is 0 Å². The molecule has 0 spiro atoms. The van der Waals surface area contributed by atoms with Crippen LogP contribution < -0.4 is 5.32 Å². The zero-order valence-electron chi connectivity index (χ0n) is 11.9. The molecular formula is C15H22N4. The van der Waals surface area contributed by atoms with Gasteiger partial charge < -0.3 is 9.88 Å². The molecule has 1 atom stereocenters.